The Hall–Kier alpha value is -3.21. The molecule has 0 aliphatic heterocycles. The molecule has 26 heavy (non-hydrogen) atoms. The van der Waals surface area contributed by atoms with E-state index in [4.69, 9.17) is 5.26 Å². The molecule has 3 rings (SSSR count). The molecule has 0 fully saturated rings. The lowest BCUT2D eigenvalue weighted by molar-refractivity contribution is -0.137. The molecule has 132 valence electrons. The van der Waals surface area contributed by atoms with Crippen molar-refractivity contribution in [2.45, 2.75) is 24.9 Å². The van der Waals surface area contributed by atoms with Gasteiger partial charge in [0.25, 0.3) is 0 Å². The summed E-state index contributed by atoms with van der Waals surface area (Å²) in [5, 5.41) is 15.5. The van der Waals surface area contributed by atoms with Gasteiger partial charge in [0, 0.05) is 18.3 Å². The molecule has 3 aromatic rings. The number of nitrogens with zero attached hydrogens (tertiary/aromatic N) is 4. The molecular weight excluding hydrogens is 343 g/mol. The SMILES string of the molecule is N#Cc1ccc(C(Cc2ccc(C(F)(F)F)cn2)Cc2ncn[nH]2)cc1. The van der Waals surface area contributed by atoms with Crippen LogP contribution in [0.25, 0.3) is 0 Å². The summed E-state index contributed by atoms with van der Waals surface area (Å²) in [5.74, 6) is 0.603. The minimum atomic E-state index is -4.40. The maximum atomic E-state index is 12.7. The van der Waals surface area contributed by atoms with Crippen LogP contribution >= 0.6 is 0 Å². The van der Waals surface area contributed by atoms with E-state index in [1.54, 1.807) is 12.1 Å². The lowest BCUT2D eigenvalue weighted by Gasteiger charge is -2.16. The first-order valence-corrected chi connectivity index (χ1v) is 7.82. The van der Waals surface area contributed by atoms with Gasteiger partial charge in [0.2, 0.25) is 0 Å². The summed E-state index contributed by atoms with van der Waals surface area (Å²) in [5.41, 5.74) is 1.26. The standard InChI is InChI=1S/C18H14F3N5/c19-18(20,21)15-5-6-16(23-10-15)7-14(8-17-24-11-25-26-17)13-3-1-12(9-22)2-4-13/h1-6,10-11,14H,7-8H2,(H,24,25,26). The Kier molecular flexibility index (Phi) is 4.98. The molecule has 0 spiro atoms. The van der Waals surface area contributed by atoms with E-state index in [9.17, 15) is 13.2 Å². The minimum Gasteiger partial charge on any atom is -0.263 e. The number of hydrogen-bond donors (Lipinski definition) is 1. The highest BCUT2D eigenvalue weighted by Gasteiger charge is 2.30. The monoisotopic (exact) mass is 357 g/mol. The van der Waals surface area contributed by atoms with Crippen LogP contribution in [0.1, 0.15) is 34.1 Å². The van der Waals surface area contributed by atoms with Crippen molar-refractivity contribution < 1.29 is 13.2 Å². The fraction of sp³-hybridized carbons (Fsp3) is 0.222. The molecule has 2 aromatic heterocycles. The molecule has 0 radical (unpaired) electrons. The molecule has 1 aromatic carbocycles. The molecule has 2 heterocycles. The Morgan fingerprint density at radius 3 is 2.35 bits per heavy atom. The maximum absolute atomic E-state index is 12.7. The van der Waals surface area contributed by atoms with Gasteiger partial charge in [0.1, 0.15) is 12.2 Å². The highest BCUT2D eigenvalue weighted by atomic mass is 19.4. The zero-order chi connectivity index (χ0) is 18.6. The smallest absolute Gasteiger partial charge is 0.263 e. The number of nitriles is 1. The van der Waals surface area contributed by atoms with E-state index >= 15 is 0 Å². The molecular formula is C18H14F3N5. The number of aromatic amines is 1. The van der Waals surface area contributed by atoms with Crippen LogP contribution < -0.4 is 0 Å². The van der Waals surface area contributed by atoms with Crippen LogP contribution in [0.4, 0.5) is 13.2 Å². The summed E-state index contributed by atoms with van der Waals surface area (Å²) >= 11 is 0. The Morgan fingerprint density at radius 2 is 1.81 bits per heavy atom. The predicted molar refractivity (Wildman–Crippen MR) is 86.9 cm³/mol. The second-order valence-corrected chi connectivity index (χ2v) is 5.81. The summed E-state index contributed by atoms with van der Waals surface area (Å²) in [6.07, 6.45) is -1.20. The second-order valence-electron chi connectivity index (χ2n) is 5.81. The predicted octanol–water partition coefficient (Wildman–Crippen LogP) is 3.66. The van der Waals surface area contributed by atoms with Crippen LogP contribution in [-0.4, -0.2) is 20.2 Å². The van der Waals surface area contributed by atoms with E-state index in [-0.39, 0.29) is 5.92 Å². The van der Waals surface area contributed by atoms with Crippen LogP contribution in [-0.2, 0) is 19.0 Å². The molecule has 1 unspecified atom stereocenters. The molecule has 1 atom stereocenters. The number of alkyl halides is 3. The van der Waals surface area contributed by atoms with Gasteiger partial charge in [-0.05, 0) is 42.2 Å². The van der Waals surface area contributed by atoms with Crippen LogP contribution in [0, 0.1) is 11.3 Å². The number of nitrogens with one attached hydrogen (secondary N) is 1. The van der Waals surface area contributed by atoms with Crippen molar-refractivity contribution in [3.05, 3.63) is 77.1 Å². The molecule has 0 saturated carbocycles. The number of rotatable bonds is 5. The van der Waals surface area contributed by atoms with Crippen molar-refractivity contribution in [1.82, 2.24) is 20.2 Å². The number of pyridine rings is 1. The first-order chi connectivity index (χ1) is 12.5. The Balaban J connectivity index is 1.84. The summed E-state index contributed by atoms with van der Waals surface area (Å²) < 4.78 is 38.1. The average molecular weight is 357 g/mol. The molecule has 0 amide bonds. The summed E-state index contributed by atoms with van der Waals surface area (Å²) in [7, 11) is 0. The van der Waals surface area contributed by atoms with Crippen molar-refractivity contribution in [2.75, 3.05) is 0 Å². The molecule has 0 saturated heterocycles. The Morgan fingerprint density at radius 1 is 1.04 bits per heavy atom. The summed E-state index contributed by atoms with van der Waals surface area (Å²) in [6.45, 7) is 0. The van der Waals surface area contributed by atoms with Crippen LogP contribution in [0.15, 0.2) is 48.9 Å². The van der Waals surface area contributed by atoms with Gasteiger partial charge < -0.3 is 0 Å². The first kappa shape index (κ1) is 17.6. The normalized spacial score (nSPS) is 12.5. The molecule has 0 aliphatic carbocycles. The van der Waals surface area contributed by atoms with E-state index in [0.29, 0.717) is 29.9 Å². The number of H-pyrrole nitrogens is 1. The van der Waals surface area contributed by atoms with Gasteiger partial charge in [0.05, 0.1) is 17.2 Å². The topological polar surface area (TPSA) is 78.2 Å². The van der Waals surface area contributed by atoms with Crippen molar-refractivity contribution in [3.8, 4) is 6.07 Å². The third kappa shape index (κ3) is 4.25. The van der Waals surface area contributed by atoms with Crippen LogP contribution in [0.5, 0.6) is 0 Å². The molecule has 0 bridgehead atoms. The second kappa shape index (κ2) is 7.35. The quantitative estimate of drug-likeness (QED) is 0.756. The van der Waals surface area contributed by atoms with Gasteiger partial charge in [-0.15, -0.1) is 0 Å². The van der Waals surface area contributed by atoms with Crippen LogP contribution in [0.2, 0.25) is 0 Å². The van der Waals surface area contributed by atoms with E-state index in [1.807, 2.05) is 12.1 Å². The summed E-state index contributed by atoms with van der Waals surface area (Å²) in [6, 6.07) is 11.6. The number of benzene rings is 1. The van der Waals surface area contributed by atoms with E-state index in [0.717, 1.165) is 17.8 Å². The number of halogens is 3. The Bertz CT molecular complexity index is 879. The van der Waals surface area contributed by atoms with Crippen LogP contribution in [0.3, 0.4) is 0 Å². The molecule has 8 heteroatoms. The third-order valence-corrected chi connectivity index (χ3v) is 4.02. The van der Waals surface area contributed by atoms with Gasteiger partial charge in [-0.3, -0.25) is 10.1 Å². The fourth-order valence-corrected chi connectivity index (χ4v) is 2.67. The van der Waals surface area contributed by atoms with Crippen molar-refractivity contribution in [2.24, 2.45) is 0 Å². The molecule has 1 N–H and O–H groups in total. The van der Waals surface area contributed by atoms with E-state index in [1.165, 1.54) is 12.4 Å². The minimum absolute atomic E-state index is 0.0695. The van der Waals surface area contributed by atoms with Gasteiger partial charge in [-0.25, -0.2) is 4.98 Å². The van der Waals surface area contributed by atoms with Crippen molar-refractivity contribution in [1.29, 1.82) is 5.26 Å². The van der Waals surface area contributed by atoms with Crippen molar-refractivity contribution in [3.63, 3.8) is 0 Å². The molecule has 5 nitrogen and oxygen atoms in total. The third-order valence-electron chi connectivity index (χ3n) is 4.02. The first-order valence-electron chi connectivity index (χ1n) is 7.82. The average Bonchev–Trinajstić information content (AvgIpc) is 3.14. The highest BCUT2D eigenvalue weighted by Crippen LogP contribution is 2.29. The zero-order valence-electron chi connectivity index (χ0n) is 13.5. The zero-order valence-corrected chi connectivity index (χ0v) is 13.5. The largest absolute Gasteiger partial charge is 0.417 e. The van der Waals surface area contributed by atoms with E-state index in [2.05, 4.69) is 26.2 Å². The van der Waals surface area contributed by atoms with Gasteiger partial charge in [-0.2, -0.15) is 23.5 Å². The highest BCUT2D eigenvalue weighted by molar-refractivity contribution is 5.34. The van der Waals surface area contributed by atoms with Gasteiger partial charge in [-0.1, -0.05) is 12.1 Å². The number of hydrogen-bond acceptors (Lipinski definition) is 4. The molecule has 0 aliphatic rings. The Labute approximate surface area is 147 Å². The van der Waals surface area contributed by atoms with E-state index < -0.39 is 11.7 Å². The maximum Gasteiger partial charge on any atom is 0.417 e. The number of aromatic nitrogens is 4. The lowest BCUT2D eigenvalue weighted by Crippen LogP contribution is -2.11. The summed E-state index contributed by atoms with van der Waals surface area (Å²) in [4.78, 5) is 8.07. The fourth-order valence-electron chi connectivity index (χ4n) is 2.67. The van der Waals surface area contributed by atoms with Crippen molar-refractivity contribution >= 4 is 0 Å². The lowest BCUT2D eigenvalue weighted by atomic mass is 9.90. The van der Waals surface area contributed by atoms with Gasteiger partial charge in [0.15, 0.2) is 0 Å². The van der Waals surface area contributed by atoms with Gasteiger partial charge >= 0.3 is 6.18 Å².